The van der Waals surface area contributed by atoms with Crippen LogP contribution in [0.4, 0.5) is 0 Å². The zero-order valence-corrected chi connectivity index (χ0v) is 11.0. The molecule has 0 aromatic carbocycles. The summed E-state index contributed by atoms with van der Waals surface area (Å²) in [5.74, 6) is 1.55. The predicted octanol–water partition coefficient (Wildman–Crippen LogP) is 2.74. The van der Waals surface area contributed by atoms with E-state index in [9.17, 15) is 4.79 Å². The van der Waals surface area contributed by atoms with Crippen molar-refractivity contribution >= 4 is 5.97 Å². The first-order valence-electron chi connectivity index (χ1n) is 6.58. The van der Waals surface area contributed by atoms with Crippen molar-refractivity contribution in [2.75, 3.05) is 7.05 Å². The van der Waals surface area contributed by atoms with Crippen molar-refractivity contribution in [3.63, 3.8) is 0 Å². The van der Waals surface area contributed by atoms with E-state index < -0.39 is 5.97 Å². The highest BCUT2D eigenvalue weighted by Crippen LogP contribution is 2.37. The maximum absolute atomic E-state index is 10.9. The number of furan rings is 1. The molecule has 0 aliphatic heterocycles. The van der Waals surface area contributed by atoms with E-state index in [-0.39, 0.29) is 12.0 Å². The number of aliphatic carboxylic acids is 1. The molecular formula is C14H21NO3. The maximum atomic E-state index is 10.9. The monoisotopic (exact) mass is 251 g/mol. The lowest BCUT2D eigenvalue weighted by atomic mass is 9.78. The average molecular weight is 251 g/mol. The molecule has 18 heavy (non-hydrogen) atoms. The summed E-state index contributed by atoms with van der Waals surface area (Å²) in [6.07, 6.45) is 3.44. The van der Waals surface area contributed by atoms with E-state index in [4.69, 9.17) is 9.52 Å². The van der Waals surface area contributed by atoms with Gasteiger partial charge in [-0.05, 0) is 57.7 Å². The molecule has 1 atom stereocenters. The summed E-state index contributed by atoms with van der Waals surface area (Å²) in [7, 11) is 1.94. The van der Waals surface area contributed by atoms with Crippen LogP contribution in [0, 0.1) is 18.8 Å². The summed E-state index contributed by atoms with van der Waals surface area (Å²) >= 11 is 0. The minimum atomic E-state index is -0.650. The van der Waals surface area contributed by atoms with E-state index in [1.54, 1.807) is 0 Å². The van der Waals surface area contributed by atoms with Crippen molar-refractivity contribution in [3.8, 4) is 0 Å². The van der Waals surface area contributed by atoms with Crippen LogP contribution in [-0.2, 0) is 4.79 Å². The first-order valence-corrected chi connectivity index (χ1v) is 6.58. The molecule has 1 heterocycles. The van der Waals surface area contributed by atoms with Crippen molar-refractivity contribution < 1.29 is 14.3 Å². The summed E-state index contributed by atoms with van der Waals surface area (Å²) in [4.78, 5) is 10.9. The van der Waals surface area contributed by atoms with Gasteiger partial charge in [-0.15, -0.1) is 0 Å². The van der Waals surface area contributed by atoms with Gasteiger partial charge in [0.1, 0.15) is 11.5 Å². The van der Waals surface area contributed by atoms with Crippen LogP contribution in [0.5, 0.6) is 0 Å². The summed E-state index contributed by atoms with van der Waals surface area (Å²) in [6.45, 7) is 1.94. The molecule has 1 fully saturated rings. The average Bonchev–Trinajstić information content (AvgIpc) is 2.77. The molecule has 4 heteroatoms. The van der Waals surface area contributed by atoms with Gasteiger partial charge >= 0.3 is 5.97 Å². The molecule has 1 unspecified atom stereocenters. The maximum Gasteiger partial charge on any atom is 0.306 e. The van der Waals surface area contributed by atoms with Gasteiger partial charge in [0, 0.05) is 0 Å². The second-order valence-electron chi connectivity index (χ2n) is 5.16. The first kappa shape index (κ1) is 13.1. The Morgan fingerprint density at radius 1 is 1.39 bits per heavy atom. The first-order chi connectivity index (χ1) is 8.61. The Kier molecular flexibility index (Phi) is 4.07. The Morgan fingerprint density at radius 3 is 2.50 bits per heavy atom. The Bertz CT molecular complexity index is 405. The molecule has 100 valence electrons. The second kappa shape index (κ2) is 5.57. The van der Waals surface area contributed by atoms with Gasteiger partial charge in [-0.2, -0.15) is 0 Å². The highest BCUT2D eigenvalue weighted by molar-refractivity contribution is 5.70. The van der Waals surface area contributed by atoms with Gasteiger partial charge in [0.25, 0.3) is 0 Å². The number of hydrogen-bond donors (Lipinski definition) is 2. The van der Waals surface area contributed by atoms with Gasteiger partial charge in [0.05, 0.1) is 12.0 Å². The van der Waals surface area contributed by atoms with Gasteiger partial charge < -0.3 is 14.8 Å². The SMILES string of the molecule is CNC(c1ccc(C)o1)C1CCC(C(=O)O)CC1. The van der Waals surface area contributed by atoms with Crippen LogP contribution in [0.15, 0.2) is 16.5 Å². The quantitative estimate of drug-likeness (QED) is 0.863. The van der Waals surface area contributed by atoms with Crippen LogP contribution >= 0.6 is 0 Å². The Balaban J connectivity index is 2.00. The van der Waals surface area contributed by atoms with E-state index in [0.29, 0.717) is 5.92 Å². The third-order valence-corrected chi connectivity index (χ3v) is 3.97. The van der Waals surface area contributed by atoms with Gasteiger partial charge in [0.2, 0.25) is 0 Å². The Hall–Kier alpha value is -1.29. The molecule has 1 aromatic rings. The molecule has 2 rings (SSSR count). The minimum Gasteiger partial charge on any atom is -0.481 e. The van der Waals surface area contributed by atoms with Gasteiger partial charge in [-0.1, -0.05) is 0 Å². The zero-order valence-electron chi connectivity index (χ0n) is 11.0. The third kappa shape index (κ3) is 2.75. The molecule has 0 radical (unpaired) electrons. The number of carboxylic acid groups (broad SMARTS) is 1. The lowest BCUT2D eigenvalue weighted by Crippen LogP contribution is -2.30. The number of nitrogens with one attached hydrogen (secondary N) is 1. The van der Waals surface area contributed by atoms with Gasteiger partial charge in [0.15, 0.2) is 0 Å². The molecule has 1 saturated carbocycles. The van der Waals surface area contributed by atoms with Crippen LogP contribution < -0.4 is 5.32 Å². The normalized spacial score (nSPS) is 25.9. The van der Waals surface area contributed by atoms with E-state index in [2.05, 4.69) is 5.32 Å². The molecule has 0 amide bonds. The van der Waals surface area contributed by atoms with Crippen molar-refractivity contribution in [1.29, 1.82) is 0 Å². The fraction of sp³-hybridized carbons (Fsp3) is 0.643. The number of hydrogen-bond acceptors (Lipinski definition) is 3. The number of carboxylic acids is 1. The summed E-state index contributed by atoms with van der Waals surface area (Å²) < 4.78 is 5.69. The molecule has 0 spiro atoms. The summed E-state index contributed by atoms with van der Waals surface area (Å²) in [5, 5.41) is 12.3. The predicted molar refractivity (Wildman–Crippen MR) is 68.3 cm³/mol. The van der Waals surface area contributed by atoms with Crippen LogP contribution in [0.25, 0.3) is 0 Å². The van der Waals surface area contributed by atoms with Crippen molar-refractivity contribution in [3.05, 3.63) is 23.7 Å². The van der Waals surface area contributed by atoms with Gasteiger partial charge in [-0.3, -0.25) is 4.79 Å². The number of carbonyl (C=O) groups is 1. The Morgan fingerprint density at radius 2 is 2.06 bits per heavy atom. The Labute approximate surface area is 107 Å². The van der Waals surface area contributed by atoms with Gasteiger partial charge in [-0.25, -0.2) is 0 Å². The largest absolute Gasteiger partial charge is 0.481 e. The fourth-order valence-electron chi connectivity index (χ4n) is 2.93. The highest BCUT2D eigenvalue weighted by Gasteiger charge is 2.31. The second-order valence-corrected chi connectivity index (χ2v) is 5.16. The summed E-state index contributed by atoms with van der Waals surface area (Å²) in [6, 6.07) is 4.19. The topological polar surface area (TPSA) is 62.5 Å². The van der Waals surface area contributed by atoms with Crippen LogP contribution in [0.1, 0.15) is 43.2 Å². The smallest absolute Gasteiger partial charge is 0.306 e. The molecule has 1 aromatic heterocycles. The van der Waals surface area contributed by atoms with E-state index in [0.717, 1.165) is 37.2 Å². The van der Waals surface area contributed by atoms with E-state index in [1.807, 2.05) is 26.1 Å². The fourth-order valence-corrected chi connectivity index (χ4v) is 2.93. The molecule has 1 aliphatic carbocycles. The molecule has 0 bridgehead atoms. The molecule has 1 aliphatic rings. The molecule has 2 N–H and O–H groups in total. The highest BCUT2D eigenvalue weighted by atomic mass is 16.4. The minimum absolute atomic E-state index is 0.155. The van der Waals surface area contributed by atoms with Crippen LogP contribution in [-0.4, -0.2) is 18.1 Å². The lowest BCUT2D eigenvalue weighted by Gasteiger charge is -2.31. The van der Waals surface area contributed by atoms with Crippen molar-refractivity contribution in [2.24, 2.45) is 11.8 Å². The van der Waals surface area contributed by atoms with Crippen LogP contribution in [0.2, 0.25) is 0 Å². The molecular weight excluding hydrogens is 230 g/mol. The van der Waals surface area contributed by atoms with Crippen molar-refractivity contribution in [2.45, 2.75) is 38.6 Å². The lowest BCUT2D eigenvalue weighted by molar-refractivity contribution is -0.143. The van der Waals surface area contributed by atoms with E-state index in [1.165, 1.54) is 0 Å². The zero-order chi connectivity index (χ0) is 13.1. The third-order valence-electron chi connectivity index (χ3n) is 3.97. The molecule has 0 saturated heterocycles. The van der Waals surface area contributed by atoms with Crippen molar-refractivity contribution in [1.82, 2.24) is 5.32 Å². The van der Waals surface area contributed by atoms with E-state index >= 15 is 0 Å². The summed E-state index contributed by atoms with van der Waals surface area (Å²) in [5.41, 5.74) is 0. The standard InChI is InChI=1S/C14H21NO3/c1-9-3-8-12(18-9)13(15-2)10-4-6-11(7-5-10)14(16)17/h3,8,10-11,13,15H,4-7H2,1-2H3,(H,16,17). The number of aryl methyl sites for hydroxylation is 1. The number of rotatable bonds is 4. The van der Waals surface area contributed by atoms with Crippen LogP contribution in [0.3, 0.4) is 0 Å². The molecule has 4 nitrogen and oxygen atoms in total.